The normalized spacial score (nSPS) is 10.6. The molecule has 0 spiro atoms. The second kappa shape index (κ2) is 9.08. The van der Waals surface area contributed by atoms with E-state index in [4.69, 9.17) is 9.47 Å². The summed E-state index contributed by atoms with van der Waals surface area (Å²) < 4.78 is 23.4. The van der Waals surface area contributed by atoms with Gasteiger partial charge in [0.05, 0.1) is 19.9 Å². The van der Waals surface area contributed by atoms with Crippen LogP contribution in [0.15, 0.2) is 54.2 Å². The van der Waals surface area contributed by atoms with Crippen LogP contribution < -0.4 is 20.1 Å². The standard InChI is InChI=1S/C19H18FN3O3/c1-25-16-6-7-18(26-2)17(9-16)23-19(24)14(10-21)12-22-11-13-4-3-5-15(20)8-13/h3-9,12,22H,11H2,1-2H3,(H,23,24)/b14-12-. The van der Waals surface area contributed by atoms with E-state index < -0.39 is 5.91 Å². The summed E-state index contributed by atoms with van der Waals surface area (Å²) in [4.78, 5) is 12.3. The van der Waals surface area contributed by atoms with Crippen LogP contribution in [0.5, 0.6) is 11.5 Å². The Morgan fingerprint density at radius 1 is 1.23 bits per heavy atom. The molecule has 6 nitrogen and oxygen atoms in total. The van der Waals surface area contributed by atoms with E-state index in [9.17, 15) is 14.4 Å². The molecule has 0 aliphatic rings. The lowest BCUT2D eigenvalue weighted by atomic mass is 10.2. The number of hydrogen-bond donors (Lipinski definition) is 2. The summed E-state index contributed by atoms with van der Waals surface area (Å²) in [7, 11) is 2.98. The number of methoxy groups -OCH3 is 2. The molecule has 0 saturated heterocycles. The van der Waals surface area contributed by atoms with Crippen LogP contribution in [-0.4, -0.2) is 20.1 Å². The van der Waals surface area contributed by atoms with Crippen LogP contribution in [0, 0.1) is 17.1 Å². The van der Waals surface area contributed by atoms with Gasteiger partial charge in [-0.1, -0.05) is 12.1 Å². The molecule has 134 valence electrons. The number of nitrogens with one attached hydrogen (secondary N) is 2. The number of hydrogen-bond acceptors (Lipinski definition) is 5. The van der Waals surface area contributed by atoms with Crippen molar-refractivity contribution in [1.29, 1.82) is 5.26 Å². The fourth-order valence-electron chi connectivity index (χ4n) is 2.17. The third kappa shape index (κ3) is 4.98. The van der Waals surface area contributed by atoms with E-state index in [-0.39, 0.29) is 17.9 Å². The highest BCUT2D eigenvalue weighted by molar-refractivity contribution is 6.07. The lowest BCUT2D eigenvalue weighted by Gasteiger charge is -2.11. The van der Waals surface area contributed by atoms with Gasteiger partial charge in [0, 0.05) is 18.8 Å². The average Bonchev–Trinajstić information content (AvgIpc) is 2.65. The maximum Gasteiger partial charge on any atom is 0.267 e. The van der Waals surface area contributed by atoms with Gasteiger partial charge in [-0.25, -0.2) is 4.39 Å². The summed E-state index contributed by atoms with van der Waals surface area (Å²) in [6.45, 7) is 0.276. The highest BCUT2D eigenvalue weighted by atomic mass is 19.1. The number of ether oxygens (including phenoxy) is 2. The van der Waals surface area contributed by atoms with E-state index >= 15 is 0 Å². The zero-order chi connectivity index (χ0) is 18.9. The number of nitriles is 1. The predicted octanol–water partition coefficient (Wildman–Crippen LogP) is 2.98. The number of rotatable bonds is 7. The Morgan fingerprint density at radius 2 is 2.04 bits per heavy atom. The van der Waals surface area contributed by atoms with Crippen molar-refractivity contribution in [2.75, 3.05) is 19.5 Å². The number of amides is 1. The third-order valence-corrected chi connectivity index (χ3v) is 3.46. The summed E-state index contributed by atoms with van der Waals surface area (Å²) in [6, 6.07) is 12.8. The van der Waals surface area contributed by atoms with Gasteiger partial charge < -0.3 is 20.1 Å². The number of carbonyl (C=O) groups is 1. The van der Waals surface area contributed by atoms with Crippen LogP contribution >= 0.6 is 0 Å². The molecule has 0 aromatic heterocycles. The van der Waals surface area contributed by atoms with Crippen molar-refractivity contribution in [2.24, 2.45) is 0 Å². The number of carbonyl (C=O) groups excluding carboxylic acids is 1. The first kappa shape index (κ1) is 18.8. The molecular weight excluding hydrogens is 337 g/mol. The molecule has 0 heterocycles. The molecule has 2 rings (SSSR count). The van der Waals surface area contributed by atoms with Gasteiger partial charge in [0.15, 0.2) is 0 Å². The molecule has 0 aliphatic heterocycles. The fraction of sp³-hybridized carbons (Fsp3) is 0.158. The van der Waals surface area contributed by atoms with Gasteiger partial charge in [-0.05, 0) is 29.8 Å². The first-order chi connectivity index (χ1) is 12.6. The molecule has 26 heavy (non-hydrogen) atoms. The molecule has 7 heteroatoms. The Kier molecular flexibility index (Phi) is 6.57. The van der Waals surface area contributed by atoms with Crippen LogP contribution in [-0.2, 0) is 11.3 Å². The van der Waals surface area contributed by atoms with Gasteiger partial charge in [0.25, 0.3) is 5.91 Å². The minimum absolute atomic E-state index is 0.133. The Labute approximate surface area is 150 Å². The summed E-state index contributed by atoms with van der Waals surface area (Å²) in [5.41, 5.74) is 0.933. The summed E-state index contributed by atoms with van der Waals surface area (Å²) in [5, 5.41) is 14.6. The second-order valence-electron chi connectivity index (χ2n) is 5.20. The quantitative estimate of drug-likeness (QED) is 0.589. The van der Waals surface area contributed by atoms with Crippen LogP contribution in [0.25, 0.3) is 0 Å². The molecule has 1 amide bonds. The molecule has 0 saturated carbocycles. The van der Waals surface area contributed by atoms with E-state index in [0.29, 0.717) is 22.7 Å². The molecule has 0 bridgehead atoms. The summed E-state index contributed by atoms with van der Waals surface area (Å²) in [5.74, 6) is 0.0134. The smallest absolute Gasteiger partial charge is 0.267 e. The molecule has 2 aromatic rings. The zero-order valence-electron chi connectivity index (χ0n) is 14.4. The number of nitrogens with zero attached hydrogens (tertiary/aromatic N) is 1. The highest BCUT2D eigenvalue weighted by Gasteiger charge is 2.13. The lowest BCUT2D eigenvalue weighted by Crippen LogP contribution is -2.17. The first-order valence-corrected chi connectivity index (χ1v) is 7.69. The molecule has 0 atom stereocenters. The van der Waals surface area contributed by atoms with Gasteiger partial charge in [0.1, 0.15) is 29.0 Å². The maximum absolute atomic E-state index is 13.1. The van der Waals surface area contributed by atoms with Crippen LogP contribution in [0.2, 0.25) is 0 Å². The van der Waals surface area contributed by atoms with Crippen molar-refractivity contribution < 1.29 is 18.7 Å². The summed E-state index contributed by atoms with van der Waals surface area (Å²) >= 11 is 0. The topological polar surface area (TPSA) is 83.4 Å². The van der Waals surface area contributed by atoms with Gasteiger partial charge >= 0.3 is 0 Å². The van der Waals surface area contributed by atoms with Crippen LogP contribution in [0.4, 0.5) is 10.1 Å². The third-order valence-electron chi connectivity index (χ3n) is 3.46. The van der Waals surface area contributed by atoms with Crippen molar-refractivity contribution in [3.05, 3.63) is 65.6 Å². The SMILES string of the molecule is COc1ccc(OC)c(NC(=O)/C(C#N)=C\NCc2cccc(F)c2)c1. The van der Waals surface area contributed by atoms with Gasteiger partial charge in [-0.15, -0.1) is 0 Å². The number of halogens is 1. The Hall–Kier alpha value is -3.53. The summed E-state index contributed by atoms with van der Waals surface area (Å²) in [6.07, 6.45) is 1.28. The monoisotopic (exact) mass is 355 g/mol. The fourth-order valence-corrected chi connectivity index (χ4v) is 2.17. The molecule has 2 N–H and O–H groups in total. The van der Waals surface area contributed by atoms with Crippen LogP contribution in [0.3, 0.4) is 0 Å². The number of benzene rings is 2. The van der Waals surface area contributed by atoms with E-state index in [1.165, 1.54) is 32.6 Å². The predicted molar refractivity (Wildman–Crippen MR) is 95.1 cm³/mol. The Balaban J connectivity index is 2.07. The van der Waals surface area contributed by atoms with Crippen molar-refractivity contribution in [2.45, 2.75) is 6.54 Å². The molecular formula is C19H18FN3O3. The number of anilines is 1. The van der Waals surface area contributed by atoms with E-state index in [1.807, 2.05) is 6.07 Å². The Morgan fingerprint density at radius 3 is 2.69 bits per heavy atom. The lowest BCUT2D eigenvalue weighted by molar-refractivity contribution is -0.112. The van der Waals surface area contributed by atoms with Gasteiger partial charge in [-0.2, -0.15) is 5.26 Å². The van der Waals surface area contributed by atoms with E-state index in [0.717, 1.165) is 0 Å². The molecule has 0 radical (unpaired) electrons. The minimum atomic E-state index is -0.606. The molecule has 0 unspecified atom stereocenters. The second-order valence-corrected chi connectivity index (χ2v) is 5.20. The molecule has 0 aliphatic carbocycles. The minimum Gasteiger partial charge on any atom is -0.497 e. The highest BCUT2D eigenvalue weighted by Crippen LogP contribution is 2.29. The van der Waals surface area contributed by atoms with E-state index in [1.54, 1.807) is 30.3 Å². The molecule has 2 aromatic carbocycles. The van der Waals surface area contributed by atoms with Crippen molar-refractivity contribution in [3.8, 4) is 17.6 Å². The van der Waals surface area contributed by atoms with Crippen LogP contribution in [0.1, 0.15) is 5.56 Å². The van der Waals surface area contributed by atoms with Gasteiger partial charge in [-0.3, -0.25) is 4.79 Å². The van der Waals surface area contributed by atoms with Crippen molar-refractivity contribution in [3.63, 3.8) is 0 Å². The van der Waals surface area contributed by atoms with E-state index in [2.05, 4.69) is 10.6 Å². The maximum atomic E-state index is 13.1. The zero-order valence-corrected chi connectivity index (χ0v) is 14.4. The van der Waals surface area contributed by atoms with Gasteiger partial charge in [0.2, 0.25) is 0 Å². The molecule has 0 fully saturated rings. The largest absolute Gasteiger partial charge is 0.497 e. The Bertz CT molecular complexity index is 859. The van der Waals surface area contributed by atoms with Crippen molar-refractivity contribution >= 4 is 11.6 Å². The average molecular weight is 355 g/mol. The van der Waals surface area contributed by atoms with Crippen molar-refractivity contribution in [1.82, 2.24) is 5.32 Å². The first-order valence-electron chi connectivity index (χ1n) is 7.69.